The number of nitrogens with one attached hydrogen (secondary N) is 1. The van der Waals surface area contributed by atoms with E-state index in [4.69, 9.17) is 9.47 Å². The third-order valence-electron chi connectivity index (χ3n) is 4.03. The van der Waals surface area contributed by atoms with Crippen molar-refractivity contribution >= 4 is 38.3 Å². The molecule has 0 aliphatic rings. The van der Waals surface area contributed by atoms with Crippen LogP contribution in [0, 0.1) is 0 Å². The third kappa shape index (κ3) is 6.05. The molecule has 3 aromatic rings. The molecule has 0 aliphatic carbocycles. The number of hydrogen-bond donors (Lipinski definition) is 1. The molecule has 1 heterocycles. The van der Waals surface area contributed by atoms with Crippen molar-refractivity contribution in [2.75, 3.05) is 11.9 Å². The second-order valence-electron chi connectivity index (χ2n) is 6.67. The van der Waals surface area contributed by atoms with E-state index in [0.717, 1.165) is 39.2 Å². The Hall–Kier alpha value is -2.38. The number of rotatable bonds is 8. The van der Waals surface area contributed by atoms with Crippen LogP contribution in [0.25, 0.3) is 11.3 Å². The van der Waals surface area contributed by atoms with Crippen LogP contribution in [0.15, 0.2) is 52.3 Å². The fourth-order valence-electron chi connectivity index (χ4n) is 2.70. The second kappa shape index (κ2) is 9.89. The van der Waals surface area contributed by atoms with E-state index in [1.54, 1.807) is 0 Å². The van der Waals surface area contributed by atoms with Gasteiger partial charge in [0.25, 0.3) is 5.91 Å². The van der Waals surface area contributed by atoms with Crippen molar-refractivity contribution in [3.63, 3.8) is 0 Å². The first kappa shape index (κ1) is 21.3. The molecule has 152 valence electrons. The molecular weight excluding hydrogens is 452 g/mol. The first-order valence-corrected chi connectivity index (χ1v) is 11.1. The number of anilines is 1. The summed E-state index contributed by atoms with van der Waals surface area (Å²) in [6.45, 7) is 5.97. The Kier molecular flexibility index (Phi) is 7.28. The third-order valence-corrected chi connectivity index (χ3v) is 5.29. The Morgan fingerprint density at radius 3 is 2.66 bits per heavy atom. The number of benzene rings is 2. The van der Waals surface area contributed by atoms with E-state index in [2.05, 4.69) is 26.2 Å². The van der Waals surface area contributed by atoms with Crippen LogP contribution in [-0.2, 0) is 11.2 Å². The normalized spacial score (nSPS) is 10.8. The van der Waals surface area contributed by atoms with Crippen LogP contribution in [0.1, 0.15) is 26.3 Å². The summed E-state index contributed by atoms with van der Waals surface area (Å²) >= 11 is 4.83. The molecule has 0 saturated heterocycles. The Labute approximate surface area is 183 Å². The smallest absolute Gasteiger partial charge is 0.264 e. The summed E-state index contributed by atoms with van der Waals surface area (Å²) < 4.78 is 12.3. The van der Waals surface area contributed by atoms with Crippen LogP contribution in [0.3, 0.4) is 0 Å². The van der Waals surface area contributed by atoms with Gasteiger partial charge in [0, 0.05) is 15.4 Å². The molecule has 0 unspecified atom stereocenters. The van der Waals surface area contributed by atoms with E-state index < -0.39 is 0 Å². The maximum Gasteiger partial charge on any atom is 0.264 e. The quantitative estimate of drug-likeness (QED) is 0.438. The van der Waals surface area contributed by atoms with Gasteiger partial charge in [-0.3, -0.25) is 10.1 Å². The summed E-state index contributed by atoms with van der Waals surface area (Å²) in [7, 11) is 0. The summed E-state index contributed by atoms with van der Waals surface area (Å²) in [5, 5.41) is 5.26. The van der Waals surface area contributed by atoms with Crippen molar-refractivity contribution in [1.82, 2.24) is 4.98 Å². The highest BCUT2D eigenvalue weighted by molar-refractivity contribution is 9.10. The number of nitrogens with zero attached hydrogens (tertiary/aromatic N) is 1. The second-order valence-corrected chi connectivity index (χ2v) is 8.45. The molecule has 0 radical (unpaired) electrons. The first-order valence-electron chi connectivity index (χ1n) is 9.38. The standard InChI is InChI=1S/C22H23BrN2O3S/c1-4-15-11-17(23)7-10-20(15)27-12-21(26)25-22-24-19(13-29-22)16-5-8-18(9-6-16)28-14(2)3/h5-11,13-14H,4,12H2,1-3H3,(H,24,25,26). The van der Waals surface area contributed by atoms with Crippen LogP contribution < -0.4 is 14.8 Å². The lowest BCUT2D eigenvalue weighted by atomic mass is 10.1. The van der Waals surface area contributed by atoms with Gasteiger partial charge < -0.3 is 9.47 Å². The summed E-state index contributed by atoms with van der Waals surface area (Å²) in [5.41, 5.74) is 2.83. The molecule has 0 atom stereocenters. The summed E-state index contributed by atoms with van der Waals surface area (Å²) in [6, 6.07) is 13.5. The van der Waals surface area contributed by atoms with Crippen molar-refractivity contribution < 1.29 is 14.3 Å². The SMILES string of the molecule is CCc1cc(Br)ccc1OCC(=O)Nc1nc(-c2ccc(OC(C)C)cc2)cs1. The van der Waals surface area contributed by atoms with Crippen LogP contribution >= 0.6 is 27.3 Å². The van der Waals surface area contributed by atoms with Crippen molar-refractivity contribution in [1.29, 1.82) is 0 Å². The van der Waals surface area contributed by atoms with Crippen molar-refractivity contribution in [3.8, 4) is 22.8 Å². The number of aromatic nitrogens is 1. The Morgan fingerprint density at radius 2 is 1.97 bits per heavy atom. The van der Waals surface area contributed by atoms with Crippen molar-refractivity contribution in [3.05, 3.63) is 57.9 Å². The van der Waals surface area contributed by atoms with E-state index >= 15 is 0 Å². The molecule has 1 N–H and O–H groups in total. The number of halogens is 1. The number of hydrogen-bond acceptors (Lipinski definition) is 5. The van der Waals surface area contributed by atoms with E-state index in [-0.39, 0.29) is 18.6 Å². The average molecular weight is 475 g/mol. The van der Waals surface area contributed by atoms with Crippen LogP contribution in [0.2, 0.25) is 0 Å². The van der Waals surface area contributed by atoms with E-state index in [0.29, 0.717) is 5.13 Å². The molecule has 0 aliphatic heterocycles. The van der Waals surface area contributed by atoms with Crippen molar-refractivity contribution in [2.24, 2.45) is 0 Å². The van der Waals surface area contributed by atoms with E-state index in [9.17, 15) is 4.79 Å². The minimum atomic E-state index is -0.239. The molecule has 0 spiro atoms. The van der Waals surface area contributed by atoms with E-state index in [1.807, 2.05) is 68.6 Å². The number of ether oxygens (including phenoxy) is 2. The molecule has 29 heavy (non-hydrogen) atoms. The maximum atomic E-state index is 12.3. The summed E-state index contributed by atoms with van der Waals surface area (Å²) in [5.74, 6) is 1.30. The lowest BCUT2D eigenvalue weighted by Crippen LogP contribution is -2.20. The number of carbonyl (C=O) groups is 1. The Bertz CT molecular complexity index is 970. The first-order chi connectivity index (χ1) is 13.9. The van der Waals surface area contributed by atoms with Gasteiger partial charge in [-0.1, -0.05) is 22.9 Å². The largest absolute Gasteiger partial charge is 0.491 e. The van der Waals surface area contributed by atoms with Crippen LogP contribution in [0.5, 0.6) is 11.5 Å². The van der Waals surface area contributed by atoms with Gasteiger partial charge in [-0.05, 0) is 68.3 Å². The molecule has 1 amide bonds. The number of thiazole rings is 1. The van der Waals surface area contributed by atoms with Gasteiger partial charge in [0.15, 0.2) is 11.7 Å². The highest BCUT2D eigenvalue weighted by Crippen LogP contribution is 2.27. The molecular formula is C22H23BrN2O3S. The summed E-state index contributed by atoms with van der Waals surface area (Å²) in [6.07, 6.45) is 0.961. The monoisotopic (exact) mass is 474 g/mol. The Morgan fingerprint density at radius 1 is 1.21 bits per heavy atom. The molecule has 5 nitrogen and oxygen atoms in total. The fourth-order valence-corrected chi connectivity index (χ4v) is 3.85. The summed E-state index contributed by atoms with van der Waals surface area (Å²) in [4.78, 5) is 16.7. The number of aryl methyl sites for hydroxylation is 1. The van der Waals surface area contributed by atoms with Crippen molar-refractivity contribution in [2.45, 2.75) is 33.3 Å². The molecule has 7 heteroatoms. The maximum absolute atomic E-state index is 12.3. The molecule has 2 aromatic carbocycles. The van der Waals surface area contributed by atoms with Gasteiger partial charge >= 0.3 is 0 Å². The minimum Gasteiger partial charge on any atom is -0.491 e. The predicted molar refractivity (Wildman–Crippen MR) is 121 cm³/mol. The highest BCUT2D eigenvalue weighted by atomic mass is 79.9. The lowest BCUT2D eigenvalue weighted by molar-refractivity contribution is -0.118. The average Bonchev–Trinajstić information content (AvgIpc) is 3.15. The van der Waals surface area contributed by atoms with Gasteiger partial charge in [0.05, 0.1) is 11.8 Å². The fraction of sp³-hybridized carbons (Fsp3) is 0.273. The molecule has 0 bridgehead atoms. The molecule has 0 fully saturated rings. The van der Waals surface area contributed by atoms with Gasteiger partial charge in [-0.15, -0.1) is 11.3 Å². The molecule has 0 saturated carbocycles. The number of carbonyl (C=O) groups excluding carboxylic acids is 1. The van der Waals surface area contributed by atoms with E-state index in [1.165, 1.54) is 11.3 Å². The topological polar surface area (TPSA) is 60.5 Å². The highest BCUT2D eigenvalue weighted by Gasteiger charge is 2.11. The zero-order valence-corrected chi connectivity index (χ0v) is 19.0. The van der Waals surface area contributed by atoms with Crippen LogP contribution in [0.4, 0.5) is 5.13 Å². The molecule has 1 aromatic heterocycles. The van der Waals surface area contributed by atoms with Gasteiger partial charge in [-0.2, -0.15) is 0 Å². The minimum absolute atomic E-state index is 0.0647. The van der Waals surface area contributed by atoms with Gasteiger partial charge in [-0.25, -0.2) is 4.98 Å². The zero-order chi connectivity index (χ0) is 20.8. The Balaban J connectivity index is 1.58. The number of amides is 1. The van der Waals surface area contributed by atoms with Gasteiger partial charge in [0.1, 0.15) is 11.5 Å². The van der Waals surface area contributed by atoms with Crippen LogP contribution in [-0.4, -0.2) is 23.6 Å². The molecule has 3 rings (SSSR count). The lowest BCUT2D eigenvalue weighted by Gasteiger charge is -2.10. The van der Waals surface area contributed by atoms with Gasteiger partial charge in [0.2, 0.25) is 0 Å². The zero-order valence-electron chi connectivity index (χ0n) is 16.6. The predicted octanol–water partition coefficient (Wildman–Crippen LogP) is 5.94.